The molecule has 3 nitrogen and oxygen atoms in total. The summed E-state index contributed by atoms with van der Waals surface area (Å²) in [5.41, 5.74) is -0.0397. The molecular weight excluding hydrogens is 240 g/mol. The van der Waals surface area contributed by atoms with E-state index in [-0.39, 0.29) is 18.2 Å². The second-order valence-electron chi connectivity index (χ2n) is 4.15. The highest BCUT2D eigenvalue weighted by Crippen LogP contribution is 2.21. The van der Waals surface area contributed by atoms with Crippen molar-refractivity contribution >= 4 is 5.97 Å². The van der Waals surface area contributed by atoms with Crippen LogP contribution in [0.4, 0.5) is 8.78 Å². The van der Waals surface area contributed by atoms with Crippen LogP contribution in [0, 0.1) is 11.6 Å². The van der Waals surface area contributed by atoms with Crippen LogP contribution in [0.5, 0.6) is 0 Å². The van der Waals surface area contributed by atoms with Gasteiger partial charge in [-0.1, -0.05) is 12.1 Å². The number of halogens is 2. The Kier molecular flexibility index (Phi) is 5.22. The van der Waals surface area contributed by atoms with Crippen molar-refractivity contribution < 1.29 is 18.3 Å². The zero-order chi connectivity index (χ0) is 13.7. The molecule has 0 heterocycles. The summed E-state index contributed by atoms with van der Waals surface area (Å²) in [6.45, 7) is 5.46. The third-order valence-electron chi connectivity index (χ3n) is 2.31. The maximum absolute atomic E-state index is 13.7. The van der Waals surface area contributed by atoms with Gasteiger partial charge in [0, 0.05) is 11.6 Å². The Bertz CT molecular complexity index is 421. The molecule has 18 heavy (non-hydrogen) atoms. The van der Waals surface area contributed by atoms with Crippen molar-refractivity contribution in [2.75, 3.05) is 6.61 Å². The second kappa shape index (κ2) is 6.44. The molecule has 1 aromatic rings. The highest BCUT2D eigenvalue weighted by Gasteiger charge is 2.26. The van der Waals surface area contributed by atoms with Gasteiger partial charge in [-0.25, -0.2) is 13.6 Å². The van der Waals surface area contributed by atoms with E-state index in [1.165, 1.54) is 12.1 Å². The predicted molar refractivity (Wildman–Crippen MR) is 64.0 cm³/mol. The van der Waals surface area contributed by atoms with Crippen molar-refractivity contribution in [2.24, 2.45) is 0 Å². The largest absolute Gasteiger partial charge is 0.465 e. The maximum atomic E-state index is 13.7. The van der Waals surface area contributed by atoms with Crippen LogP contribution < -0.4 is 5.32 Å². The van der Waals surface area contributed by atoms with Gasteiger partial charge in [-0.05, 0) is 26.8 Å². The van der Waals surface area contributed by atoms with Gasteiger partial charge in [0.15, 0.2) is 11.6 Å². The van der Waals surface area contributed by atoms with Crippen LogP contribution in [0.25, 0.3) is 0 Å². The average molecular weight is 257 g/mol. The van der Waals surface area contributed by atoms with Gasteiger partial charge >= 0.3 is 5.97 Å². The molecule has 0 aliphatic rings. The number of benzene rings is 1. The van der Waals surface area contributed by atoms with Crippen molar-refractivity contribution in [2.45, 2.75) is 32.9 Å². The molecule has 0 fully saturated rings. The molecule has 0 radical (unpaired) electrons. The molecule has 0 bridgehead atoms. The topological polar surface area (TPSA) is 38.3 Å². The molecule has 0 saturated carbocycles. The quantitative estimate of drug-likeness (QED) is 0.824. The Hall–Kier alpha value is -1.49. The van der Waals surface area contributed by atoms with Gasteiger partial charge in [-0.2, -0.15) is 0 Å². The van der Waals surface area contributed by atoms with Crippen LogP contribution in [0.2, 0.25) is 0 Å². The molecule has 0 aliphatic heterocycles. The Morgan fingerprint density at radius 3 is 2.61 bits per heavy atom. The molecule has 1 rings (SSSR count). The number of rotatable bonds is 5. The van der Waals surface area contributed by atoms with E-state index in [1.807, 2.05) is 13.8 Å². The number of ether oxygens (including phenoxy) is 1. The van der Waals surface area contributed by atoms with Gasteiger partial charge in [0.1, 0.15) is 6.04 Å². The Labute approximate surface area is 105 Å². The van der Waals surface area contributed by atoms with Crippen LogP contribution in [0.3, 0.4) is 0 Å². The van der Waals surface area contributed by atoms with Crippen molar-refractivity contribution in [1.82, 2.24) is 5.32 Å². The summed E-state index contributed by atoms with van der Waals surface area (Å²) < 4.78 is 31.7. The third kappa shape index (κ3) is 3.50. The van der Waals surface area contributed by atoms with Crippen LogP contribution in [0.1, 0.15) is 32.4 Å². The summed E-state index contributed by atoms with van der Waals surface area (Å²) in [5, 5.41) is 2.87. The fourth-order valence-electron chi connectivity index (χ4n) is 1.59. The van der Waals surface area contributed by atoms with Crippen molar-refractivity contribution in [1.29, 1.82) is 0 Å². The number of carbonyl (C=O) groups is 1. The first-order chi connectivity index (χ1) is 8.47. The first kappa shape index (κ1) is 14.6. The monoisotopic (exact) mass is 257 g/mol. The minimum atomic E-state index is -1.02. The summed E-state index contributed by atoms with van der Waals surface area (Å²) in [6.07, 6.45) is 0. The molecule has 5 heteroatoms. The van der Waals surface area contributed by atoms with Gasteiger partial charge in [-0.3, -0.25) is 5.32 Å². The molecule has 1 N–H and O–H groups in total. The van der Waals surface area contributed by atoms with Crippen LogP contribution in [0.15, 0.2) is 18.2 Å². The molecule has 1 aromatic carbocycles. The molecule has 0 aromatic heterocycles. The van der Waals surface area contributed by atoms with Crippen LogP contribution in [-0.2, 0) is 9.53 Å². The first-order valence-corrected chi connectivity index (χ1v) is 5.84. The van der Waals surface area contributed by atoms with E-state index >= 15 is 0 Å². The molecule has 0 aliphatic carbocycles. The number of esters is 1. The zero-order valence-electron chi connectivity index (χ0n) is 10.7. The molecule has 100 valence electrons. The van der Waals surface area contributed by atoms with E-state index in [0.29, 0.717) is 0 Å². The third-order valence-corrected chi connectivity index (χ3v) is 2.31. The van der Waals surface area contributed by atoms with E-state index in [9.17, 15) is 13.6 Å². The molecule has 1 atom stereocenters. The molecule has 0 spiro atoms. The second-order valence-corrected chi connectivity index (χ2v) is 4.15. The van der Waals surface area contributed by atoms with Gasteiger partial charge in [0.25, 0.3) is 0 Å². The SMILES string of the molecule is CCOC(=O)C(NC(C)C)c1cccc(F)c1F. The average Bonchev–Trinajstić information content (AvgIpc) is 2.30. The lowest BCUT2D eigenvalue weighted by molar-refractivity contribution is -0.146. The zero-order valence-corrected chi connectivity index (χ0v) is 10.7. The fourth-order valence-corrected chi connectivity index (χ4v) is 1.59. The highest BCUT2D eigenvalue weighted by atomic mass is 19.2. The smallest absolute Gasteiger partial charge is 0.327 e. The van der Waals surface area contributed by atoms with E-state index < -0.39 is 23.6 Å². The molecular formula is C13H17F2NO2. The number of nitrogens with one attached hydrogen (secondary N) is 1. The van der Waals surface area contributed by atoms with E-state index in [2.05, 4.69) is 5.32 Å². The van der Waals surface area contributed by atoms with Gasteiger partial charge in [0.2, 0.25) is 0 Å². The Balaban J connectivity index is 3.09. The van der Waals surface area contributed by atoms with E-state index in [0.717, 1.165) is 6.07 Å². The summed E-state index contributed by atoms with van der Waals surface area (Å²) >= 11 is 0. The fraction of sp³-hybridized carbons (Fsp3) is 0.462. The van der Waals surface area contributed by atoms with Gasteiger partial charge in [0.05, 0.1) is 6.61 Å². The lowest BCUT2D eigenvalue weighted by Gasteiger charge is -2.20. The summed E-state index contributed by atoms with van der Waals surface area (Å²) in [7, 11) is 0. The lowest BCUT2D eigenvalue weighted by Crippen LogP contribution is -2.35. The van der Waals surface area contributed by atoms with Crippen LogP contribution >= 0.6 is 0 Å². The Morgan fingerprint density at radius 1 is 1.39 bits per heavy atom. The maximum Gasteiger partial charge on any atom is 0.327 e. The summed E-state index contributed by atoms with van der Waals surface area (Å²) in [5.74, 6) is -2.62. The molecule has 0 saturated heterocycles. The van der Waals surface area contributed by atoms with E-state index in [4.69, 9.17) is 4.74 Å². The number of hydrogen-bond donors (Lipinski definition) is 1. The van der Waals surface area contributed by atoms with Gasteiger partial charge < -0.3 is 4.74 Å². The first-order valence-electron chi connectivity index (χ1n) is 5.84. The minimum Gasteiger partial charge on any atom is -0.465 e. The normalized spacial score (nSPS) is 12.6. The summed E-state index contributed by atoms with van der Waals surface area (Å²) in [6, 6.07) is 2.68. The standard InChI is InChI=1S/C13H17F2NO2/c1-4-18-13(17)12(16-8(2)3)9-6-5-7-10(14)11(9)15/h5-8,12,16H,4H2,1-3H3. The summed E-state index contributed by atoms with van der Waals surface area (Å²) in [4.78, 5) is 11.8. The highest BCUT2D eigenvalue weighted by molar-refractivity contribution is 5.77. The van der Waals surface area contributed by atoms with Gasteiger partial charge in [-0.15, -0.1) is 0 Å². The van der Waals surface area contributed by atoms with Crippen LogP contribution in [-0.4, -0.2) is 18.6 Å². The molecule has 0 amide bonds. The minimum absolute atomic E-state index is 0.0397. The number of hydrogen-bond acceptors (Lipinski definition) is 3. The van der Waals surface area contributed by atoms with Crippen molar-refractivity contribution in [3.63, 3.8) is 0 Å². The van der Waals surface area contributed by atoms with Crippen molar-refractivity contribution in [3.05, 3.63) is 35.4 Å². The lowest BCUT2D eigenvalue weighted by atomic mass is 10.1. The number of carbonyl (C=O) groups excluding carboxylic acids is 1. The van der Waals surface area contributed by atoms with Crippen molar-refractivity contribution in [3.8, 4) is 0 Å². The molecule has 1 unspecified atom stereocenters. The van der Waals surface area contributed by atoms with E-state index in [1.54, 1.807) is 6.92 Å². The Morgan fingerprint density at radius 2 is 2.06 bits per heavy atom. The predicted octanol–water partition coefficient (Wildman–Crippen LogP) is 2.57.